The predicted molar refractivity (Wildman–Crippen MR) is 46.7 cm³/mol. The molecule has 2 nitrogen and oxygen atoms in total. The molecule has 0 bridgehead atoms. The van der Waals surface area contributed by atoms with Gasteiger partial charge in [0.25, 0.3) is 0 Å². The summed E-state index contributed by atoms with van der Waals surface area (Å²) in [5.74, 6) is 0.414. The van der Waals surface area contributed by atoms with Crippen LogP contribution in [0.15, 0.2) is 11.7 Å². The number of hydrogen-bond donors (Lipinski definition) is 1. The number of nitrogens with zero attached hydrogens (tertiary/aromatic N) is 1. The van der Waals surface area contributed by atoms with Crippen LogP contribution in [0.3, 0.4) is 0 Å². The van der Waals surface area contributed by atoms with Crippen LogP contribution in [-0.4, -0.2) is 16.7 Å². The van der Waals surface area contributed by atoms with Gasteiger partial charge in [-0.15, -0.1) is 11.3 Å². The molecular formula is C8H13NOS. The maximum Gasteiger partial charge on any atom is 0.0794 e. The Kier molecular flexibility index (Phi) is 3.52. The van der Waals surface area contributed by atoms with Crippen LogP contribution >= 0.6 is 11.3 Å². The molecule has 0 fully saturated rings. The third kappa shape index (κ3) is 2.99. The number of thiazole rings is 1. The SMILES string of the molecule is CC(CO)CCc1cncs1. The molecular weight excluding hydrogens is 158 g/mol. The van der Waals surface area contributed by atoms with Gasteiger partial charge in [0.15, 0.2) is 0 Å². The van der Waals surface area contributed by atoms with Crippen LogP contribution in [0.5, 0.6) is 0 Å². The highest BCUT2D eigenvalue weighted by Gasteiger charge is 2.00. The zero-order chi connectivity index (χ0) is 8.10. The second-order valence-corrected chi connectivity index (χ2v) is 3.77. The van der Waals surface area contributed by atoms with Crippen LogP contribution < -0.4 is 0 Å². The fourth-order valence-corrected chi connectivity index (χ4v) is 1.46. The van der Waals surface area contributed by atoms with E-state index in [0.29, 0.717) is 12.5 Å². The summed E-state index contributed by atoms with van der Waals surface area (Å²) in [6.45, 7) is 2.35. The zero-order valence-corrected chi connectivity index (χ0v) is 7.47. The minimum atomic E-state index is 0.290. The molecule has 3 heteroatoms. The van der Waals surface area contributed by atoms with Crippen molar-refractivity contribution >= 4 is 11.3 Å². The van der Waals surface area contributed by atoms with Gasteiger partial charge in [-0.05, 0) is 18.8 Å². The van der Waals surface area contributed by atoms with Gasteiger partial charge in [-0.25, -0.2) is 0 Å². The van der Waals surface area contributed by atoms with Crippen molar-refractivity contribution in [3.8, 4) is 0 Å². The molecule has 1 unspecified atom stereocenters. The van der Waals surface area contributed by atoms with Gasteiger partial charge < -0.3 is 5.11 Å². The van der Waals surface area contributed by atoms with Crippen LogP contribution in [0.4, 0.5) is 0 Å². The molecule has 11 heavy (non-hydrogen) atoms. The van der Waals surface area contributed by atoms with Gasteiger partial charge in [-0.2, -0.15) is 0 Å². The molecule has 0 saturated carbocycles. The maximum absolute atomic E-state index is 8.75. The molecule has 0 aliphatic heterocycles. The van der Waals surface area contributed by atoms with Gasteiger partial charge in [0.05, 0.1) is 5.51 Å². The highest BCUT2D eigenvalue weighted by atomic mass is 32.1. The third-order valence-electron chi connectivity index (χ3n) is 1.68. The van der Waals surface area contributed by atoms with Gasteiger partial charge in [-0.1, -0.05) is 6.92 Å². The number of aliphatic hydroxyl groups excluding tert-OH is 1. The Hall–Kier alpha value is -0.410. The highest BCUT2D eigenvalue weighted by molar-refractivity contribution is 7.09. The van der Waals surface area contributed by atoms with Crippen LogP contribution in [0.1, 0.15) is 18.2 Å². The Labute approximate surface area is 70.9 Å². The second-order valence-electron chi connectivity index (χ2n) is 2.79. The summed E-state index contributed by atoms with van der Waals surface area (Å²) < 4.78 is 0. The molecule has 1 N–H and O–H groups in total. The third-order valence-corrected chi connectivity index (χ3v) is 2.52. The Morgan fingerprint density at radius 3 is 3.09 bits per heavy atom. The summed E-state index contributed by atoms with van der Waals surface area (Å²) in [4.78, 5) is 5.29. The first kappa shape index (κ1) is 8.68. The molecule has 0 spiro atoms. The summed E-state index contributed by atoms with van der Waals surface area (Å²) >= 11 is 1.68. The van der Waals surface area contributed by atoms with Gasteiger partial charge in [0.1, 0.15) is 0 Å². The minimum absolute atomic E-state index is 0.290. The second kappa shape index (κ2) is 4.46. The topological polar surface area (TPSA) is 33.1 Å². The first-order valence-corrected chi connectivity index (χ1v) is 4.69. The minimum Gasteiger partial charge on any atom is -0.396 e. The van der Waals surface area contributed by atoms with Crippen molar-refractivity contribution in [3.05, 3.63) is 16.6 Å². The molecule has 1 heterocycles. The van der Waals surface area contributed by atoms with Gasteiger partial charge in [0, 0.05) is 17.7 Å². The Morgan fingerprint density at radius 1 is 1.73 bits per heavy atom. The van der Waals surface area contributed by atoms with E-state index in [9.17, 15) is 0 Å². The Morgan fingerprint density at radius 2 is 2.55 bits per heavy atom. The Bertz CT molecular complexity index is 186. The average molecular weight is 171 g/mol. The predicted octanol–water partition coefficient (Wildman–Crippen LogP) is 1.70. The van der Waals surface area contributed by atoms with Gasteiger partial charge in [0.2, 0.25) is 0 Å². The van der Waals surface area contributed by atoms with E-state index in [-0.39, 0.29) is 0 Å². The fourth-order valence-electron chi connectivity index (χ4n) is 0.846. The van der Waals surface area contributed by atoms with Crippen LogP contribution in [0.2, 0.25) is 0 Å². The largest absolute Gasteiger partial charge is 0.396 e. The summed E-state index contributed by atoms with van der Waals surface area (Å²) in [5, 5.41) is 8.75. The number of aromatic nitrogens is 1. The van der Waals surface area contributed by atoms with Crippen molar-refractivity contribution in [2.24, 2.45) is 5.92 Å². The average Bonchev–Trinajstić information content (AvgIpc) is 2.52. The van der Waals surface area contributed by atoms with E-state index in [1.165, 1.54) is 4.88 Å². The van der Waals surface area contributed by atoms with E-state index in [1.807, 2.05) is 11.7 Å². The van der Waals surface area contributed by atoms with Crippen molar-refractivity contribution in [3.63, 3.8) is 0 Å². The molecule has 0 aromatic carbocycles. The molecule has 0 saturated heterocycles. The van der Waals surface area contributed by atoms with Crippen molar-refractivity contribution in [2.75, 3.05) is 6.61 Å². The summed E-state index contributed by atoms with van der Waals surface area (Å²) in [7, 11) is 0. The lowest BCUT2D eigenvalue weighted by Crippen LogP contribution is -2.01. The lowest BCUT2D eigenvalue weighted by Gasteiger charge is -2.04. The molecule has 0 aliphatic carbocycles. The molecule has 62 valence electrons. The monoisotopic (exact) mass is 171 g/mol. The van der Waals surface area contributed by atoms with Crippen LogP contribution in [0, 0.1) is 5.92 Å². The summed E-state index contributed by atoms with van der Waals surface area (Å²) in [5.41, 5.74) is 1.85. The summed E-state index contributed by atoms with van der Waals surface area (Å²) in [6, 6.07) is 0. The smallest absolute Gasteiger partial charge is 0.0794 e. The van der Waals surface area contributed by atoms with E-state index in [1.54, 1.807) is 11.3 Å². The standard InChI is InChI=1S/C8H13NOS/c1-7(5-10)2-3-8-4-9-6-11-8/h4,6-7,10H,2-3,5H2,1H3. The number of rotatable bonds is 4. The van der Waals surface area contributed by atoms with E-state index >= 15 is 0 Å². The number of aliphatic hydroxyl groups is 1. The normalized spacial score (nSPS) is 13.3. The molecule has 0 radical (unpaired) electrons. The molecule has 1 rings (SSSR count). The van der Waals surface area contributed by atoms with E-state index in [0.717, 1.165) is 12.8 Å². The van der Waals surface area contributed by atoms with E-state index in [2.05, 4.69) is 11.9 Å². The first-order chi connectivity index (χ1) is 5.33. The molecule has 0 aliphatic rings. The van der Waals surface area contributed by atoms with Crippen molar-refractivity contribution in [2.45, 2.75) is 19.8 Å². The first-order valence-electron chi connectivity index (χ1n) is 3.81. The van der Waals surface area contributed by atoms with Crippen molar-refractivity contribution in [1.29, 1.82) is 0 Å². The van der Waals surface area contributed by atoms with Crippen LogP contribution in [0.25, 0.3) is 0 Å². The van der Waals surface area contributed by atoms with E-state index in [4.69, 9.17) is 5.11 Å². The number of aryl methyl sites for hydroxylation is 1. The van der Waals surface area contributed by atoms with E-state index < -0.39 is 0 Å². The molecule has 0 amide bonds. The van der Waals surface area contributed by atoms with Crippen molar-refractivity contribution < 1.29 is 5.11 Å². The fraction of sp³-hybridized carbons (Fsp3) is 0.625. The number of hydrogen-bond acceptors (Lipinski definition) is 3. The lowest BCUT2D eigenvalue weighted by atomic mass is 10.1. The lowest BCUT2D eigenvalue weighted by molar-refractivity contribution is 0.231. The van der Waals surface area contributed by atoms with Crippen LogP contribution in [-0.2, 0) is 6.42 Å². The molecule has 1 aromatic heterocycles. The van der Waals surface area contributed by atoms with Gasteiger partial charge in [-0.3, -0.25) is 4.98 Å². The van der Waals surface area contributed by atoms with Gasteiger partial charge >= 0.3 is 0 Å². The summed E-state index contributed by atoms with van der Waals surface area (Å²) in [6.07, 6.45) is 4.00. The quantitative estimate of drug-likeness (QED) is 0.748. The molecule has 1 aromatic rings. The highest BCUT2D eigenvalue weighted by Crippen LogP contribution is 2.11. The Balaban J connectivity index is 2.23. The maximum atomic E-state index is 8.75. The molecule has 1 atom stereocenters. The zero-order valence-electron chi connectivity index (χ0n) is 6.66. The van der Waals surface area contributed by atoms with Crippen molar-refractivity contribution in [1.82, 2.24) is 4.98 Å².